The van der Waals surface area contributed by atoms with Crippen molar-refractivity contribution in [3.8, 4) is 0 Å². The summed E-state index contributed by atoms with van der Waals surface area (Å²) in [5, 5.41) is 11.9. The van der Waals surface area contributed by atoms with Crippen molar-refractivity contribution in [2.75, 3.05) is 0 Å². The first-order valence-corrected chi connectivity index (χ1v) is 8.35. The lowest BCUT2D eigenvalue weighted by atomic mass is 10.2. The van der Waals surface area contributed by atoms with Crippen LogP contribution in [-0.2, 0) is 17.9 Å². The molecule has 0 bridgehead atoms. The molecule has 25 heavy (non-hydrogen) atoms. The zero-order valence-corrected chi connectivity index (χ0v) is 14.2. The molecule has 128 valence electrons. The number of carbonyl (C=O) groups excluding carboxylic acids is 1. The molecule has 1 amide bonds. The van der Waals surface area contributed by atoms with E-state index in [9.17, 15) is 9.59 Å². The van der Waals surface area contributed by atoms with Crippen molar-refractivity contribution in [3.05, 3.63) is 69.5 Å². The van der Waals surface area contributed by atoms with E-state index in [1.165, 1.54) is 4.68 Å². The number of nitrogens with one attached hydrogen (secondary N) is 1. The van der Waals surface area contributed by atoms with Crippen LogP contribution in [0.2, 0.25) is 5.02 Å². The molecule has 3 rings (SSSR count). The summed E-state index contributed by atoms with van der Waals surface area (Å²) in [6, 6.07) is 14.4. The lowest BCUT2D eigenvalue weighted by Gasteiger charge is -2.07. The molecule has 2 aromatic carbocycles. The van der Waals surface area contributed by atoms with Gasteiger partial charge >= 0.3 is 0 Å². The second-order valence-electron chi connectivity index (χ2n) is 5.65. The monoisotopic (exact) mass is 356 g/mol. The number of aromatic nitrogens is 3. The van der Waals surface area contributed by atoms with Gasteiger partial charge in [-0.15, -0.1) is 5.10 Å². The maximum absolute atomic E-state index is 12.3. The molecule has 0 saturated carbocycles. The van der Waals surface area contributed by atoms with Crippen molar-refractivity contribution < 1.29 is 4.79 Å². The van der Waals surface area contributed by atoms with E-state index in [1.54, 1.807) is 24.3 Å². The predicted molar refractivity (Wildman–Crippen MR) is 96.3 cm³/mol. The van der Waals surface area contributed by atoms with Gasteiger partial charge in [-0.3, -0.25) is 9.59 Å². The fourth-order valence-electron chi connectivity index (χ4n) is 2.50. The summed E-state index contributed by atoms with van der Waals surface area (Å²) in [4.78, 5) is 24.2. The standard InChI is InChI=1S/C18H17ClN4O2/c19-14-6-3-5-13(11-14)12-20-17(24)9-4-10-23-18(25)15-7-1-2-8-16(15)21-22-23/h1-3,5-8,11H,4,9-10,12H2,(H,20,24). The Balaban J connectivity index is 1.52. The van der Waals surface area contributed by atoms with E-state index in [2.05, 4.69) is 15.6 Å². The molecule has 0 saturated heterocycles. The maximum atomic E-state index is 12.3. The molecule has 0 aliphatic carbocycles. The molecule has 1 heterocycles. The van der Waals surface area contributed by atoms with E-state index in [-0.39, 0.29) is 11.5 Å². The van der Waals surface area contributed by atoms with Crippen LogP contribution in [-0.4, -0.2) is 20.9 Å². The summed E-state index contributed by atoms with van der Waals surface area (Å²) in [5.41, 5.74) is 1.32. The van der Waals surface area contributed by atoms with Crippen LogP contribution < -0.4 is 10.9 Å². The van der Waals surface area contributed by atoms with Crippen LogP contribution in [0.4, 0.5) is 0 Å². The first kappa shape index (κ1) is 17.1. The summed E-state index contributed by atoms with van der Waals surface area (Å²) < 4.78 is 1.30. The average Bonchev–Trinajstić information content (AvgIpc) is 2.62. The Morgan fingerprint density at radius 2 is 2.00 bits per heavy atom. The zero-order chi connectivity index (χ0) is 17.6. The first-order valence-electron chi connectivity index (χ1n) is 7.97. The van der Waals surface area contributed by atoms with Crippen molar-refractivity contribution in [3.63, 3.8) is 0 Å². The Kier molecular flexibility index (Phi) is 5.40. The Morgan fingerprint density at radius 3 is 2.84 bits per heavy atom. The molecule has 3 aromatic rings. The van der Waals surface area contributed by atoms with Crippen LogP contribution >= 0.6 is 11.6 Å². The number of carbonyl (C=O) groups is 1. The van der Waals surface area contributed by atoms with Crippen LogP contribution in [0.5, 0.6) is 0 Å². The zero-order valence-electron chi connectivity index (χ0n) is 13.5. The number of nitrogens with zero attached hydrogens (tertiary/aromatic N) is 3. The highest BCUT2D eigenvalue weighted by Gasteiger charge is 2.06. The highest BCUT2D eigenvalue weighted by atomic mass is 35.5. The predicted octanol–water partition coefficient (Wildman–Crippen LogP) is 2.54. The van der Waals surface area contributed by atoms with Crippen LogP contribution in [0, 0.1) is 0 Å². The molecule has 1 aromatic heterocycles. The summed E-state index contributed by atoms with van der Waals surface area (Å²) in [5.74, 6) is -0.0817. The van der Waals surface area contributed by atoms with Gasteiger partial charge in [0.2, 0.25) is 5.91 Å². The van der Waals surface area contributed by atoms with Crippen molar-refractivity contribution in [2.24, 2.45) is 0 Å². The summed E-state index contributed by atoms with van der Waals surface area (Å²) >= 11 is 5.91. The molecular weight excluding hydrogens is 340 g/mol. The van der Waals surface area contributed by atoms with Gasteiger partial charge < -0.3 is 5.32 Å². The van der Waals surface area contributed by atoms with Gasteiger partial charge in [0.25, 0.3) is 5.56 Å². The van der Waals surface area contributed by atoms with Gasteiger partial charge in [-0.05, 0) is 36.2 Å². The van der Waals surface area contributed by atoms with Crippen LogP contribution in [0.25, 0.3) is 10.9 Å². The third-order valence-electron chi connectivity index (χ3n) is 3.78. The molecule has 6 nitrogen and oxygen atoms in total. The van der Waals surface area contributed by atoms with Gasteiger partial charge in [-0.25, -0.2) is 4.68 Å². The number of aryl methyl sites for hydroxylation is 1. The Bertz CT molecular complexity index is 955. The largest absolute Gasteiger partial charge is 0.352 e. The minimum Gasteiger partial charge on any atom is -0.352 e. The van der Waals surface area contributed by atoms with E-state index in [1.807, 2.05) is 24.3 Å². The van der Waals surface area contributed by atoms with Crippen molar-refractivity contribution >= 4 is 28.4 Å². The van der Waals surface area contributed by atoms with Gasteiger partial charge in [-0.2, -0.15) is 0 Å². The molecule has 0 aliphatic rings. The quantitative estimate of drug-likeness (QED) is 0.736. The van der Waals surface area contributed by atoms with Crippen molar-refractivity contribution in [2.45, 2.75) is 25.9 Å². The lowest BCUT2D eigenvalue weighted by molar-refractivity contribution is -0.121. The fourth-order valence-corrected chi connectivity index (χ4v) is 2.71. The van der Waals surface area contributed by atoms with E-state index < -0.39 is 0 Å². The number of hydrogen-bond acceptors (Lipinski definition) is 4. The average molecular weight is 357 g/mol. The fraction of sp³-hybridized carbons (Fsp3) is 0.222. The van der Waals surface area contributed by atoms with Gasteiger partial charge in [0.15, 0.2) is 0 Å². The second kappa shape index (κ2) is 7.90. The third kappa shape index (κ3) is 4.42. The number of amides is 1. The molecule has 0 unspecified atom stereocenters. The van der Waals surface area contributed by atoms with Crippen LogP contribution in [0.1, 0.15) is 18.4 Å². The van der Waals surface area contributed by atoms with Crippen molar-refractivity contribution in [1.82, 2.24) is 20.3 Å². The smallest absolute Gasteiger partial charge is 0.277 e. The highest BCUT2D eigenvalue weighted by molar-refractivity contribution is 6.30. The molecule has 7 heteroatoms. The maximum Gasteiger partial charge on any atom is 0.277 e. The minimum absolute atomic E-state index is 0.0817. The second-order valence-corrected chi connectivity index (χ2v) is 6.08. The number of halogens is 1. The van der Waals surface area contributed by atoms with E-state index in [0.717, 1.165) is 5.56 Å². The molecule has 0 spiro atoms. The van der Waals surface area contributed by atoms with Gasteiger partial charge in [-0.1, -0.05) is 41.1 Å². The first-order chi connectivity index (χ1) is 12.1. The van der Waals surface area contributed by atoms with E-state index in [0.29, 0.717) is 41.9 Å². The molecule has 1 N–H and O–H groups in total. The van der Waals surface area contributed by atoms with Crippen LogP contribution in [0.3, 0.4) is 0 Å². The molecule has 0 radical (unpaired) electrons. The summed E-state index contributed by atoms with van der Waals surface area (Å²) in [6.45, 7) is 0.774. The number of benzene rings is 2. The number of fused-ring (bicyclic) bond motifs is 1. The SMILES string of the molecule is O=C(CCCn1nnc2ccccc2c1=O)NCc1cccc(Cl)c1. The topological polar surface area (TPSA) is 76.9 Å². The highest BCUT2D eigenvalue weighted by Crippen LogP contribution is 2.10. The summed E-state index contributed by atoms with van der Waals surface area (Å²) in [7, 11) is 0. The van der Waals surface area contributed by atoms with Crippen LogP contribution in [0.15, 0.2) is 53.3 Å². The van der Waals surface area contributed by atoms with Gasteiger partial charge in [0.1, 0.15) is 5.52 Å². The Labute approximate surface area is 149 Å². The summed E-state index contributed by atoms with van der Waals surface area (Å²) in [6.07, 6.45) is 0.815. The lowest BCUT2D eigenvalue weighted by Crippen LogP contribution is -2.26. The van der Waals surface area contributed by atoms with Crippen molar-refractivity contribution in [1.29, 1.82) is 0 Å². The number of rotatable bonds is 6. The third-order valence-corrected chi connectivity index (χ3v) is 4.02. The van der Waals surface area contributed by atoms with Gasteiger partial charge in [0, 0.05) is 24.5 Å². The number of hydrogen-bond donors (Lipinski definition) is 1. The Hall–Kier alpha value is -2.73. The molecular formula is C18H17ClN4O2. The van der Waals surface area contributed by atoms with Gasteiger partial charge in [0.05, 0.1) is 5.39 Å². The molecule has 0 aliphatic heterocycles. The molecule has 0 atom stereocenters. The van der Waals surface area contributed by atoms with E-state index in [4.69, 9.17) is 11.6 Å². The Morgan fingerprint density at radius 1 is 1.16 bits per heavy atom. The molecule has 0 fully saturated rings. The van der Waals surface area contributed by atoms with E-state index >= 15 is 0 Å². The normalized spacial score (nSPS) is 10.8. The minimum atomic E-state index is -0.190.